The SMILES string of the molecule is CCCCCCCC(CO)C(O)(CO)CO. The molecule has 0 radical (unpaired) electrons. The second-order valence-electron chi connectivity index (χ2n) is 4.50. The molecule has 16 heavy (non-hydrogen) atoms. The van der Waals surface area contributed by atoms with Crippen molar-refractivity contribution in [3.8, 4) is 0 Å². The van der Waals surface area contributed by atoms with Gasteiger partial charge in [-0.2, -0.15) is 0 Å². The van der Waals surface area contributed by atoms with Gasteiger partial charge in [0.25, 0.3) is 0 Å². The summed E-state index contributed by atoms with van der Waals surface area (Å²) in [7, 11) is 0. The largest absolute Gasteiger partial charge is 0.396 e. The summed E-state index contributed by atoms with van der Waals surface area (Å²) in [6.07, 6.45) is 6.16. The Bertz CT molecular complexity index is 157. The van der Waals surface area contributed by atoms with Crippen LogP contribution in [0.5, 0.6) is 0 Å². The van der Waals surface area contributed by atoms with E-state index in [4.69, 9.17) is 15.3 Å². The highest BCUT2D eigenvalue weighted by Gasteiger charge is 2.34. The van der Waals surface area contributed by atoms with E-state index in [1.165, 1.54) is 12.8 Å². The van der Waals surface area contributed by atoms with Crippen LogP contribution in [0.1, 0.15) is 45.4 Å². The van der Waals surface area contributed by atoms with Gasteiger partial charge in [-0.1, -0.05) is 39.0 Å². The smallest absolute Gasteiger partial charge is 0.116 e. The molecule has 1 atom stereocenters. The van der Waals surface area contributed by atoms with Gasteiger partial charge in [0.1, 0.15) is 5.60 Å². The maximum absolute atomic E-state index is 9.83. The molecule has 0 fully saturated rings. The summed E-state index contributed by atoms with van der Waals surface area (Å²) < 4.78 is 0. The Kier molecular flexibility index (Phi) is 8.84. The van der Waals surface area contributed by atoms with Crippen LogP contribution in [0.4, 0.5) is 0 Å². The van der Waals surface area contributed by atoms with Gasteiger partial charge in [-0.25, -0.2) is 0 Å². The number of aliphatic hydroxyl groups is 4. The van der Waals surface area contributed by atoms with E-state index in [1.807, 2.05) is 0 Å². The lowest BCUT2D eigenvalue weighted by Crippen LogP contribution is -2.46. The molecule has 4 nitrogen and oxygen atoms in total. The van der Waals surface area contributed by atoms with Gasteiger partial charge in [-0.3, -0.25) is 0 Å². The van der Waals surface area contributed by atoms with Crippen molar-refractivity contribution in [3.05, 3.63) is 0 Å². The quantitative estimate of drug-likeness (QED) is 0.419. The summed E-state index contributed by atoms with van der Waals surface area (Å²) in [6, 6.07) is 0. The molecule has 98 valence electrons. The second kappa shape index (κ2) is 8.93. The minimum absolute atomic E-state index is 0.203. The van der Waals surface area contributed by atoms with Gasteiger partial charge in [0.15, 0.2) is 0 Å². The zero-order valence-electron chi connectivity index (χ0n) is 10.2. The standard InChI is InChI=1S/C12H26O4/c1-2-3-4-5-6-7-11(8-13)12(16,9-14)10-15/h11,13-16H,2-10H2,1H3. The first-order valence-electron chi connectivity index (χ1n) is 6.19. The Morgan fingerprint density at radius 1 is 0.938 bits per heavy atom. The van der Waals surface area contributed by atoms with Gasteiger partial charge in [0, 0.05) is 12.5 Å². The van der Waals surface area contributed by atoms with Crippen LogP contribution in [0, 0.1) is 5.92 Å². The first-order valence-corrected chi connectivity index (χ1v) is 6.19. The van der Waals surface area contributed by atoms with Crippen molar-refractivity contribution in [2.45, 2.75) is 51.0 Å². The van der Waals surface area contributed by atoms with Crippen LogP contribution in [0.3, 0.4) is 0 Å². The number of hydrogen-bond donors (Lipinski definition) is 4. The van der Waals surface area contributed by atoms with E-state index < -0.39 is 24.7 Å². The van der Waals surface area contributed by atoms with Crippen molar-refractivity contribution in [2.24, 2.45) is 5.92 Å². The third kappa shape index (κ3) is 5.25. The topological polar surface area (TPSA) is 80.9 Å². The van der Waals surface area contributed by atoms with Gasteiger partial charge >= 0.3 is 0 Å². The summed E-state index contributed by atoms with van der Waals surface area (Å²) in [5.74, 6) is -0.441. The van der Waals surface area contributed by atoms with Gasteiger partial charge in [0.2, 0.25) is 0 Å². The fourth-order valence-electron chi connectivity index (χ4n) is 1.83. The average molecular weight is 234 g/mol. The highest BCUT2D eigenvalue weighted by Crippen LogP contribution is 2.23. The molecule has 0 spiro atoms. The maximum atomic E-state index is 9.83. The molecule has 0 saturated carbocycles. The van der Waals surface area contributed by atoms with Crippen molar-refractivity contribution in [1.29, 1.82) is 0 Å². The van der Waals surface area contributed by atoms with E-state index in [9.17, 15) is 5.11 Å². The fourth-order valence-corrected chi connectivity index (χ4v) is 1.83. The van der Waals surface area contributed by atoms with Crippen molar-refractivity contribution in [1.82, 2.24) is 0 Å². The summed E-state index contributed by atoms with van der Waals surface area (Å²) in [4.78, 5) is 0. The van der Waals surface area contributed by atoms with Crippen LogP contribution in [0.15, 0.2) is 0 Å². The molecule has 0 heterocycles. The Morgan fingerprint density at radius 3 is 1.94 bits per heavy atom. The minimum Gasteiger partial charge on any atom is -0.396 e. The van der Waals surface area contributed by atoms with E-state index >= 15 is 0 Å². The lowest BCUT2D eigenvalue weighted by molar-refractivity contribution is -0.110. The monoisotopic (exact) mass is 234 g/mol. The molecule has 0 aromatic carbocycles. The van der Waals surface area contributed by atoms with Crippen molar-refractivity contribution < 1.29 is 20.4 Å². The van der Waals surface area contributed by atoms with E-state index in [0.29, 0.717) is 6.42 Å². The van der Waals surface area contributed by atoms with E-state index in [-0.39, 0.29) is 6.61 Å². The second-order valence-corrected chi connectivity index (χ2v) is 4.50. The summed E-state index contributed by atoms with van der Waals surface area (Å²) in [6.45, 7) is 0.922. The normalized spacial score (nSPS) is 14.1. The predicted molar refractivity (Wildman–Crippen MR) is 63.1 cm³/mol. The van der Waals surface area contributed by atoms with E-state index in [2.05, 4.69) is 6.92 Å². The third-order valence-corrected chi connectivity index (χ3v) is 3.18. The molecule has 0 bridgehead atoms. The molecule has 0 aromatic heterocycles. The van der Waals surface area contributed by atoms with E-state index in [1.54, 1.807) is 0 Å². The molecule has 4 heteroatoms. The summed E-state index contributed by atoms with van der Waals surface area (Å²) in [5.41, 5.74) is -1.54. The predicted octanol–water partition coefficient (Wildman–Crippen LogP) is 0.671. The van der Waals surface area contributed by atoms with Gasteiger partial charge in [-0.15, -0.1) is 0 Å². The maximum Gasteiger partial charge on any atom is 0.116 e. The number of aliphatic hydroxyl groups excluding tert-OH is 3. The molecule has 1 unspecified atom stereocenters. The zero-order chi connectivity index (χ0) is 12.4. The highest BCUT2D eigenvalue weighted by atomic mass is 16.4. The van der Waals surface area contributed by atoms with Crippen LogP contribution < -0.4 is 0 Å². The Morgan fingerprint density at radius 2 is 1.50 bits per heavy atom. The van der Waals surface area contributed by atoms with Gasteiger partial charge in [-0.05, 0) is 6.42 Å². The fraction of sp³-hybridized carbons (Fsp3) is 1.00. The first kappa shape index (κ1) is 15.8. The Balaban J connectivity index is 3.90. The minimum atomic E-state index is -1.54. The lowest BCUT2D eigenvalue weighted by Gasteiger charge is -2.31. The molecular formula is C12H26O4. The molecule has 0 saturated heterocycles. The third-order valence-electron chi connectivity index (χ3n) is 3.18. The summed E-state index contributed by atoms with van der Waals surface area (Å²) >= 11 is 0. The first-order chi connectivity index (χ1) is 7.64. The average Bonchev–Trinajstić information content (AvgIpc) is 2.33. The molecule has 0 amide bonds. The zero-order valence-corrected chi connectivity index (χ0v) is 10.2. The van der Waals surface area contributed by atoms with Crippen LogP contribution in [0.2, 0.25) is 0 Å². The number of hydrogen-bond acceptors (Lipinski definition) is 4. The van der Waals surface area contributed by atoms with Crippen molar-refractivity contribution in [2.75, 3.05) is 19.8 Å². The molecule has 0 aliphatic rings. The number of rotatable bonds is 10. The number of unbranched alkanes of at least 4 members (excludes halogenated alkanes) is 4. The highest BCUT2D eigenvalue weighted by molar-refractivity contribution is 4.84. The molecule has 0 rings (SSSR count). The molecule has 0 aliphatic heterocycles. The van der Waals surface area contributed by atoms with Crippen LogP contribution in [-0.2, 0) is 0 Å². The Hall–Kier alpha value is -0.160. The van der Waals surface area contributed by atoms with Crippen LogP contribution in [-0.4, -0.2) is 45.8 Å². The van der Waals surface area contributed by atoms with Crippen molar-refractivity contribution in [3.63, 3.8) is 0 Å². The van der Waals surface area contributed by atoms with Crippen molar-refractivity contribution >= 4 is 0 Å². The van der Waals surface area contributed by atoms with Crippen LogP contribution >= 0.6 is 0 Å². The van der Waals surface area contributed by atoms with Gasteiger partial charge < -0.3 is 20.4 Å². The molecule has 4 N–H and O–H groups in total. The summed E-state index contributed by atoms with van der Waals surface area (Å²) in [5, 5.41) is 37.0. The molecule has 0 aliphatic carbocycles. The van der Waals surface area contributed by atoms with Gasteiger partial charge in [0.05, 0.1) is 13.2 Å². The lowest BCUT2D eigenvalue weighted by atomic mass is 9.85. The molecular weight excluding hydrogens is 208 g/mol. The molecule has 0 aromatic rings. The van der Waals surface area contributed by atoms with E-state index in [0.717, 1.165) is 19.3 Å². The van der Waals surface area contributed by atoms with Crippen LogP contribution in [0.25, 0.3) is 0 Å². The Labute approximate surface area is 97.9 Å².